The summed E-state index contributed by atoms with van der Waals surface area (Å²) in [6.07, 6.45) is 39.5. The van der Waals surface area contributed by atoms with Gasteiger partial charge in [-0.1, -0.05) is 173 Å². The molecule has 0 aliphatic rings. The van der Waals surface area contributed by atoms with Gasteiger partial charge in [-0.3, -0.25) is 13.8 Å². The molecular weight excluding hydrogens is 659 g/mol. The van der Waals surface area contributed by atoms with Gasteiger partial charge >= 0.3 is 7.82 Å². The first-order valence-electron chi connectivity index (χ1n) is 21.2. The highest BCUT2D eigenvalue weighted by Gasteiger charge is 2.27. The summed E-state index contributed by atoms with van der Waals surface area (Å²) in [5.74, 6) is -0.187. The van der Waals surface area contributed by atoms with Crippen LogP contribution in [0.4, 0.5) is 0 Å². The highest BCUT2D eigenvalue weighted by molar-refractivity contribution is 7.47. The number of phosphoric ester groups is 1. The highest BCUT2D eigenvalue weighted by Crippen LogP contribution is 2.43. The third kappa shape index (κ3) is 37.1. The summed E-state index contributed by atoms with van der Waals surface area (Å²) in [5.41, 5.74) is 0. The van der Waals surface area contributed by atoms with Gasteiger partial charge in [-0.2, -0.15) is 0 Å². The topological polar surface area (TPSA) is 105 Å². The minimum absolute atomic E-state index is 0.0581. The summed E-state index contributed by atoms with van der Waals surface area (Å²) in [6, 6.07) is -0.856. The SMILES string of the molecule is CCCCCCCCCCC/C=C/CC/C=C/C(O)C(COP(=O)(O)OCC[N+](C)(C)C)NC(=O)CCCCCCCCCCCCCCCC. The minimum atomic E-state index is -4.34. The zero-order chi connectivity index (χ0) is 37.9. The molecule has 0 fully saturated rings. The van der Waals surface area contributed by atoms with E-state index in [0.29, 0.717) is 17.4 Å². The summed E-state index contributed by atoms with van der Waals surface area (Å²) in [7, 11) is 1.56. The zero-order valence-corrected chi connectivity index (χ0v) is 35.0. The van der Waals surface area contributed by atoms with Crippen molar-refractivity contribution in [3.8, 4) is 0 Å². The lowest BCUT2D eigenvalue weighted by atomic mass is 10.0. The van der Waals surface area contributed by atoms with Gasteiger partial charge in [-0.05, 0) is 32.1 Å². The molecule has 0 aromatic carbocycles. The van der Waals surface area contributed by atoms with Crippen LogP contribution in [0.1, 0.15) is 187 Å². The number of likely N-dealkylation sites (N-methyl/N-ethyl adjacent to an activating group) is 1. The van der Waals surface area contributed by atoms with E-state index in [1.54, 1.807) is 6.08 Å². The largest absolute Gasteiger partial charge is 0.472 e. The number of aliphatic hydroxyl groups is 1. The van der Waals surface area contributed by atoms with Crippen LogP contribution in [-0.2, 0) is 18.4 Å². The molecule has 302 valence electrons. The summed E-state index contributed by atoms with van der Waals surface area (Å²) in [4.78, 5) is 23.0. The average Bonchev–Trinajstić information content (AvgIpc) is 3.07. The van der Waals surface area contributed by atoms with E-state index in [1.807, 2.05) is 27.2 Å². The maximum Gasteiger partial charge on any atom is 0.472 e. The third-order valence-electron chi connectivity index (χ3n) is 9.42. The molecule has 0 aromatic heterocycles. The maximum absolute atomic E-state index is 12.8. The van der Waals surface area contributed by atoms with Crippen molar-refractivity contribution in [2.45, 2.75) is 199 Å². The van der Waals surface area contributed by atoms with Crippen LogP contribution in [0.2, 0.25) is 0 Å². The normalized spacial score (nSPS) is 14.7. The van der Waals surface area contributed by atoms with Gasteiger partial charge in [0.25, 0.3) is 0 Å². The Kier molecular flexibility index (Phi) is 34.0. The van der Waals surface area contributed by atoms with Crippen molar-refractivity contribution in [1.29, 1.82) is 0 Å². The number of hydrogen-bond acceptors (Lipinski definition) is 5. The summed E-state index contributed by atoms with van der Waals surface area (Å²) < 4.78 is 23.5. The summed E-state index contributed by atoms with van der Waals surface area (Å²) >= 11 is 0. The maximum atomic E-state index is 12.8. The molecule has 3 N–H and O–H groups in total. The number of quaternary nitrogens is 1. The van der Waals surface area contributed by atoms with Crippen molar-refractivity contribution in [2.75, 3.05) is 40.9 Å². The van der Waals surface area contributed by atoms with Crippen LogP contribution in [0.5, 0.6) is 0 Å². The molecule has 9 heteroatoms. The van der Waals surface area contributed by atoms with Crippen LogP contribution in [0, 0.1) is 0 Å². The molecule has 0 aromatic rings. The number of unbranched alkanes of at least 4 members (excludes halogenated alkanes) is 23. The molecule has 0 saturated heterocycles. The molecule has 0 aliphatic carbocycles. The van der Waals surface area contributed by atoms with Crippen LogP contribution in [-0.4, -0.2) is 73.4 Å². The smallest absolute Gasteiger partial charge is 0.387 e. The Morgan fingerprint density at radius 2 is 1.08 bits per heavy atom. The van der Waals surface area contributed by atoms with Crippen LogP contribution >= 0.6 is 7.82 Å². The van der Waals surface area contributed by atoms with Gasteiger partial charge in [0.05, 0.1) is 39.9 Å². The number of nitrogens with one attached hydrogen (secondary N) is 1. The molecule has 8 nitrogen and oxygen atoms in total. The Hall–Kier alpha value is -1.02. The first-order valence-corrected chi connectivity index (χ1v) is 22.7. The Balaban J connectivity index is 4.51. The van der Waals surface area contributed by atoms with E-state index in [9.17, 15) is 19.4 Å². The van der Waals surface area contributed by atoms with E-state index < -0.39 is 20.0 Å². The van der Waals surface area contributed by atoms with Gasteiger partial charge in [0, 0.05) is 6.42 Å². The fraction of sp³-hybridized carbons (Fsp3) is 0.881. The fourth-order valence-corrected chi connectivity index (χ4v) is 6.73. The molecule has 0 rings (SSSR count). The Morgan fingerprint density at radius 1 is 0.647 bits per heavy atom. The van der Waals surface area contributed by atoms with Crippen molar-refractivity contribution >= 4 is 13.7 Å². The number of aliphatic hydroxyl groups excluding tert-OH is 1. The second-order valence-electron chi connectivity index (χ2n) is 15.7. The Morgan fingerprint density at radius 3 is 1.57 bits per heavy atom. The van der Waals surface area contributed by atoms with E-state index in [-0.39, 0.29) is 19.1 Å². The van der Waals surface area contributed by atoms with Gasteiger partial charge in [-0.25, -0.2) is 4.57 Å². The van der Waals surface area contributed by atoms with E-state index in [2.05, 4.69) is 31.3 Å². The third-order valence-corrected chi connectivity index (χ3v) is 10.4. The quantitative estimate of drug-likeness (QED) is 0.0252. The molecule has 0 radical (unpaired) electrons. The van der Waals surface area contributed by atoms with Gasteiger partial charge in [-0.15, -0.1) is 0 Å². The van der Waals surface area contributed by atoms with Crippen molar-refractivity contribution in [2.24, 2.45) is 0 Å². The van der Waals surface area contributed by atoms with Crippen LogP contribution in [0.15, 0.2) is 24.3 Å². The number of nitrogens with zero attached hydrogens (tertiary/aromatic N) is 1. The molecular formula is C42H84N2O6P+. The van der Waals surface area contributed by atoms with E-state index in [1.165, 1.54) is 128 Å². The number of carbonyl (C=O) groups is 1. The van der Waals surface area contributed by atoms with Crippen LogP contribution in [0.25, 0.3) is 0 Å². The van der Waals surface area contributed by atoms with Gasteiger partial charge < -0.3 is 19.8 Å². The van der Waals surface area contributed by atoms with E-state index in [0.717, 1.165) is 38.5 Å². The van der Waals surface area contributed by atoms with Crippen molar-refractivity contribution in [1.82, 2.24) is 5.32 Å². The predicted molar refractivity (Wildman–Crippen MR) is 217 cm³/mol. The number of hydrogen-bond donors (Lipinski definition) is 3. The fourth-order valence-electron chi connectivity index (χ4n) is 6.00. The molecule has 0 heterocycles. The molecule has 1 amide bonds. The molecule has 3 unspecified atom stereocenters. The lowest BCUT2D eigenvalue weighted by Crippen LogP contribution is -2.45. The Labute approximate surface area is 315 Å². The first kappa shape index (κ1) is 50.0. The molecule has 0 spiro atoms. The molecule has 0 aliphatic heterocycles. The molecule has 0 saturated carbocycles. The number of phosphoric acid groups is 1. The summed E-state index contributed by atoms with van der Waals surface area (Å²) in [6.45, 7) is 4.78. The van der Waals surface area contributed by atoms with Crippen molar-refractivity contribution in [3.63, 3.8) is 0 Å². The predicted octanol–water partition coefficient (Wildman–Crippen LogP) is 11.4. The first-order chi connectivity index (χ1) is 24.5. The lowest BCUT2D eigenvalue weighted by Gasteiger charge is -2.25. The molecule has 0 bridgehead atoms. The standard InChI is InChI=1S/C42H83N2O6P/c1-6-8-10-12-14-16-18-20-22-23-25-27-29-31-33-35-41(45)40(39-50-51(47,48)49-38-37-44(3,4)5)43-42(46)36-34-32-30-28-26-24-21-19-17-15-13-11-9-7-2/h25,27,33,35,40-41,45H,6-24,26,28-32,34,36-39H2,1-5H3,(H-,43,46,47,48)/p+1/b27-25+,35-33+. The van der Waals surface area contributed by atoms with Crippen LogP contribution in [0.3, 0.4) is 0 Å². The van der Waals surface area contributed by atoms with E-state index >= 15 is 0 Å². The van der Waals surface area contributed by atoms with Crippen molar-refractivity contribution in [3.05, 3.63) is 24.3 Å². The van der Waals surface area contributed by atoms with Crippen LogP contribution < -0.4 is 5.32 Å². The average molecular weight is 744 g/mol. The summed E-state index contributed by atoms with van der Waals surface area (Å²) in [5, 5.41) is 13.8. The zero-order valence-electron chi connectivity index (χ0n) is 34.1. The number of carbonyl (C=O) groups excluding carboxylic acids is 1. The second kappa shape index (κ2) is 34.7. The Bertz CT molecular complexity index is 891. The van der Waals surface area contributed by atoms with Crippen molar-refractivity contribution < 1.29 is 32.9 Å². The van der Waals surface area contributed by atoms with Gasteiger partial charge in [0.15, 0.2) is 0 Å². The molecule has 3 atom stereocenters. The number of amides is 1. The minimum Gasteiger partial charge on any atom is -0.387 e. The number of rotatable bonds is 38. The lowest BCUT2D eigenvalue weighted by molar-refractivity contribution is -0.870. The van der Waals surface area contributed by atoms with E-state index in [4.69, 9.17) is 9.05 Å². The highest BCUT2D eigenvalue weighted by atomic mass is 31.2. The monoisotopic (exact) mass is 744 g/mol. The number of allylic oxidation sites excluding steroid dienone is 3. The van der Waals surface area contributed by atoms with Gasteiger partial charge in [0.1, 0.15) is 13.2 Å². The second-order valence-corrected chi connectivity index (χ2v) is 17.2. The molecule has 51 heavy (non-hydrogen) atoms. The van der Waals surface area contributed by atoms with Gasteiger partial charge in [0.2, 0.25) is 5.91 Å².